The van der Waals surface area contributed by atoms with Gasteiger partial charge in [-0.05, 0) is 70.6 Å². The fraction of sp³-hybridized carbons (Fsp3) is 0.379. The van der Waals surface area contributed by atoms with Crippen LogP contribution in [0.15, 0.2) is 57.3 Å². The lowest BCUT2D eigenvalue weighted by Gasteiger charge is -2.37. The molecule has 2 N–H and O–H groups in total. The van der Waals surface area contributed by atoms with Gasteiger partial charge in [0, 0.05) is 36.4 Å². The van der Waals surface area contributed by atoms with E-state index in [4.69, 9.17) is 23.7 Å². The van der Waals surface area contributed by atoms with E-state index in [1.165, 1.54) is 14.2 Å². The predicted molar refractivity (Wildman–Crippen MR) is 147 cm³/mol. The number of ketones is 1. The summed E-state index contributed by atoms with van der Waals surface area (Å²) < 4.78 is 27.1. The molecule has 1 aliphatic carbocycles. The molecule has 2 aliphatic rings. The second-order valence-corrected chi connectivity index (χ2v) is 10.2. The Morgan fingerprint density at radius 2 is 1.67 bits per heavy atom. The number of hydrogen-bond donors (Lipinski definition) is 2. The zero-order chi connectivity index (χ0) is 28.3. The highest BCUT2D eigenvalue weighted by Crippen LogP contribution is 2.48. The van der Waals surface area contributed by atoms with Crippen molar-refractivity contribution in [2.24, 2.45) is 0 Å². The minimum atomic E-state index is -0.721. The Hall–Kier alpha value is -3.50. The van der Waals surface area contributed by atoms with Crippen molar-refractivity contribution in [2.45, 2.75) is 31.6 Å². The number of rotatable bonds is 9. The average Bonchev–Trinajstić information content (AvgIpc) is 2.93. The van der Waals surface area contributed by atoms with Crippen LogP contribution in [-0.2, 0) is 19.1 Å². The van der Waals surface area contributed by atoms with Crippen LogP contribution in [0.5, 0.6) is 23.0 Å². The molecule has 0 aromatic heterocycles. The van der Waals surface area contributed by atoms with Crippen LogP contribution in [0, 0.1) is 0 Å². The molecule has 0 fully saturated rings. The Morgan fingerprint density at radius 3 is 2.33 bits per heavy atom. The smallest absolute Gasteiger partial charge is 0.336 e. The maximum atomic E-state index is 13.9. The number of esters is 1. The van der Waals surface area contributed by atoms with Crippen molar-refractivity contribution >= 4 is 27.7 Å². The quantitative estimate of drug-likeness (QED) is 0.311. The number of benzene rings is 2. The van der Waals surface area contributed by atoms with Gasteiger partial charge in [-0.3, -0.25) is 4.79 Å². The largest absolute Gasteiger partial charge is 0.503 e. The van der Waals surface area contributed by atoms with E-state index in [1.54, 1.807) is 33.3 Å². The SMILES string of the molecule is COCCOC(=O)C1=C(C)NC2=C(C(=O)CC(c3ccc(OC)c(OC)c3)C2)C1c1cc(Br)c(O)c(OC)c1. The van der Waals surface area contributed by atoms with Crippen LogP contribution in [0.1, 0.15) is 42.7 Å². The van der Waals surface area contributed by atoms with Gasteiger partial charge in [0.1, 0.15) is 6.61 Å². The molecule has 9 nitrogen and oxygen atoms in total. The van der Waals surface area contributed by atoms with Crippen molar-refractivity contribution < 1.29 is 38.4 Å². The first kappa shape index (κ1) is 28.5. The second-order valence-electron chi connectivity index (χ2n) is 9.31. The van der Waals surface area contributed by atoms with Crippen LogP contribution in [0.3, 0.4) is 0 Å². The molecule has 0 radical (unpaired) electrons. The first-order chi connectivity index (χ1) is 18.7. The Bertz CT molecular complexity index is 1350. The summed E-state index contributed by atoms with van der Waals surface area (Å²) >= 11 is 3.38. The molecule has 1 aliphatic heterocycles. The Labute approximate surface area is 235 Å². The molecule has 0 saturated heterocycles. The summed E-state index contributed by atoms with van der Waals surface area (Å²) in [5.41, 5.74) is 3.71. The number of dihydropyridines is 1. The fourth-order valence-electron chi connectivity index (χ4n) is 5.20. The molecule has 0 bridgehead atoms. The molecule has 208 valence electrons. The van der Waals surface area contributed by atoms with E-state index in [-0.39, 0.29) is 42.8 Å². The van der Waals surface area contributed by atoms with Gasteiger partial charge in [0.2, 0.25) is 0 Å². The summed E-state index contributed by atoms with van der Waals surface area (Å²) in [6.07, 6.45) is 0.792. The number of phenolic OH excluding ortho intramolecular Hbond substituents is 1. The highest BCUT2D eigenvalue weighted by atomic mass is 79.9. The number of carbonyl (C=O) groups is 2. The van der Waals surface area contributed by atoms with Gasteiger partial charge >= 0.3 is 5.97 Å². The molecular weight excluding hydrogens is 570 g/mol. The van der Waals surface area contributed by atoms with E-state index < -0.39 is 11.9 Å². The molecule has 4 rings (SSSR count). The number of allylic oxidation sites excluding steroid dienone is 3. The van der Waals surface area contributed by atoms with Crippen LogP contribution >= 0.6 is 15.9 Å². The normalized spacial score (nSPS) is 18.9. The minimum Gasteiger partial charge on any atom is -0.503 e. The van der Waals surface area contributed by atoms with Gasteiger partial charge in [0.25, 0.3) is 0 Å². The molecule has 2 aromatic carbocycles. The van der Waals surface area contributed by atoms with Crippen LogP contribution in [-0.4, -0.2) is 58.5 Å². The van der Waals surface area contributed by atoms with Crippen molar-refractivity contribution in [3.05, 3.63) is 68.5 Å². The molecule has 39 heavy (non-hydrogen) atoms. The fourth-order valence-corrected chi connectivity index (χ4v) is 5.66. The maximum Gasteiger partial charge on any atom is 0.336 e. The summed E-state index contributed by atoms with van der Waals surface area (Å²) in [6.45, 7) is 2.11. The number of halogens is 1. The molecule has 0 spiro atoms. The standard InChI is InChI=1S/C29H32BrNO8/c1-15-25(29(34)39-9-8-35-2)26(18-10-19(30)28(33)24(14-18)38-5)27-20(31-15)11-17(12-21(27)32)16-6-7-22(36-3)23(13-16)37-4/h6-7,10,13-14,17,26,31,33H,8-9,11-12H2,1-5H3. The Morgan fingerprint density at radius 1 is 0.974 bits per heavy atom. The highest BCUT2D eigenvalue weighted by Gasteiger charge is 2.42. The number of aromatic hydroxyl groups is 1. The van der Waals surface area contributed by atoms with Crippen molar-refractivity contribution in [1.82, 2.24) is 5.32 Å². The summed E-state index contributed by atoms with van der Waals surface area (Å²) in [6, 6.07) is 9.01. The van der Waals surface area contributed by atoms with Gasteiger partial charge in [-0.15, -0.1) is 0 Å². The summed E-state index contributed by atoms with van der Waals surface area (Å²) in [7, 11) is 6.12. The van der Waals surface area contributed by atoms with Gasteiger partial charge in [0.05, 0.1) is 38.0 Å². The van der Waals surface area contributed by atoms with Gasteiger partial charge in [-0.25, -0.2) is 4.79 Å². The second kappa shape index (κ2) is 12.1. The van der Waals surface area contributed by atoms with E-state index in [0.717, 1.165) is 11.3 Å². The number of nitrogens with one attached hydrogen (secondary N) is 1. The van der Waals surface area contributed by atoms with Gasteiger partial charge in [0.15, 0.2) is 28.8 Å². The van der Waals surface area contributed by atoms with Crippen molar-refractivity contribution in [3.8, 4) is 23.0 Å². The lowest BCUT2D eigenvalue weighted by molar-refractivity contribution is -0.140. The zero-order valence-electron chi connectivity index (χ0n) is 22.6. The topological polar surface area (TPSA) is 113 Å². The van der Waals surface area contributed by atoms with Crippen LogP contribution in [0.2, 0.25) is 0 Å². The third-order valence-corrected chi connectivity index (χ3v) is 7.66. The molecule has 0 saturated carbocycles. The van der Waals surface area contributed by atoms with Crippen molar-refractivity contribution in [3.63, 3.8) is 0 Å². The molecule has 2 aromatic rings. The van der Waals surface area contributed by atoms with E-state index >= 15 is 0 Å². The molecule has 10 heteroatoms. The number of methoxy groups -OCH3 is 4. The maximum absolute atomic E-state index is 13.9. The van der Waals surface area contributed by atoms with E-state index in [1.807, 2.05) is 18.2 Å². The zero-order valence-corrected chi connectivity index (χ0v) is 24.1. The molecule has 2 atom stereocenters. The minimum absolute atomic E-state index is 0.0715. The van der Waals surface area contributed by atoms with Crippen molar-refractivity contribution in [1.29, 1.82) is 0 Å². The lowest BCUT2D eigenvalue weighted by Crippen LogP contribution is -2.36. The summed E-state index contributed by atoms with van der Waals surface area (Å²) in [5.74, 6) is -0.113. The molecule has 1 heterocycles. The monoisotopic (exact) mass is 601 g/mol. The Kier molecular flexibility index (Phi) is 8.87. The van der Waals surface area contributed by atoms with E-state index in [9.17, 15) is 14.7 Å². The summed E-state index contributed by atoms with van der Waals surface area (Å²) in [4.78, 5) is 27.2. The highest BCUT2D eigenvalue weighted by molar-refractivity contribution is 9.10. The van der Waals surface area contributed by atoms with Crippen LogP contribution in [0.4, 0.5) is 0 Å². The number of Topliss-reactive ketones (excluding diaryl/α,β-unsaturated/α-hetero) is 1. The van der Waals surface area contributed by atoms with Crippen LogP contribution in [0.25, 0.3) is 0 Å². The lowest BCUT2D eigenvalue weighted by atomic mass is 9.71. The number of hydrogen-bond acceptors (Lipinski definition) is 9. The van der Waals surface area contributed by atoms with Gasteiger partial charge in [-0.2, -0.15) is 0 Å². The Balaban J connectivity index is 1.80. The average molecular weight is 602 g/mol. The number of phenols is 1. The third-order valence-electron chi connectivity index (χ3n) is 7.05. The number of carbonyl (C=O) groups excluding carboxylic acids is 2. The third kappa shape index (κ3) is 5.62. The summed E-state index contributed by atoms with van der Waals surface area (Å²) in [5, 5.41) is 13.7. The molecule has 0 amide bonds. The van der Waals surface area contributed by atoms with E-state index in [0.29, 0.717) is 44.8 Å². The first-order valence-corrected chi connectivity index (χ1v) is 13.2. The van der Waals surface area contributed by atoms with Gasteiger partial charge in [-0.1, -0.05) is 6.07 Å². The first-order valence-electron chi connectivity index (χ1n) is 12.4. The van der Waals surface area contributed by atoms with E-state index in [2.05, 4.69) is 21.2 Å². The van der Waals surface area contributed by atoms with Gasteiger partial charge < -0.3 is 34.1 Å². The number of ether oxygens (including phenoxy) is 5. The molecule has 2 unspecified atom stereocenters. The predicted octanol–water partition coefficient (Wildman–Crippen LogP) is 4.73. The van der Waals surface area contributed by atoms with Crippen LogP contribution < -0.4 is 19.5 Å². The molecular formula is C29H32BrNO8. The van der Waals surface area contributed by atoms with Crippen molar-refractivity contribution in [2.75, 3.05) is 41.7 Å².